The topological polar surface area (TPSA) is 9.23 Å². The van der Waals surface area contributed by atoms with Gasteiger partial charge in [-0.1, -0.05) is 68.8 Å². The number of alkyl halides is 5. The van der Waals surface area contributed by atoms with Crippen molar-refractivity contribution >= 4 is 0 Å². The summed E-state index contributed by atoms with van der Waals surface area (Å²) < 4.78 is 87.1. The molecule has 2 atom stereocenters. The summed E-state index contributed by atoms with van der Waals surface area (Å²) in [6, 6.07) is 16.0. The van der Waals surface area contributed by atoms with Crippen LogP contribution in [0.15, 0.2) is 60.7 Å². The van der Waals surface area contributed by atoms with Crippen LogP contribution in [0.25, 0.3) is 22.3 Å². The maximum atomic E-state index is 15.0. The van der Waals surface area contributed by atoms with Gasteiger partial charge in [0.05, 0.1) is 6.61 Å². The Morgan fingerprint density at radius 1 is 0.941 bits per heavy atom. The fraction of sp³-hybridized carbons (Fsp3) is 0.333. The Kier molecular flexibility index (Phi) is 6.51. The van der Waals surface area contributed by atoms with E-state index in [-0.39, 0.29) is 16.7 Å². The molecule has 1 aliphatic heterocycles. The molecule has 2 unspecified atom stereocenters. The van der Waals surface area contributed by atoms with Gasteiger partial charge in [-0.05, 0) is 52.3 Å². The number of benzene rings is 3. The van der Waals surface area contributed by atoms with Gasteiger partial charge in [0, 0.05) is 11.1 Å². The Morgan fingerprint density at radius 3 is 2.21 bits per heavy atom. The highest BCUT2D eigenvalue weighted by atomic mass is 19.4. The Bertz CT molecular complexity index is 1170. The van der Waals surface area contributed by atoms with Crippen LogP contribution in [-0.2, 0) is 17.3 Å². The molecule has 0 bridgehead atoms. The summed E-state index contributed by atoms with van der Waals surface area (Å²) in [5.41, 5.74) is 2.33. The lowest BCUT2D eigenvalue weighted by Crippen LogP contribution is -2.47. The first-order chi connectivity index (χ1) is 16.0. The summed E-state index contributed by atoms with van der Waals surface area (Å²) in [6.07, 6.45) is -6.23. The lowest BCUT2D eigenvalue weighted by atomic mass is 9.90. The molecule has 1 heterocycles. The molecule has 0 spiro atoms. The van der Waals surface area contributed by atoms with Crippen LogP contribution >= 0.6 is 0 Å². The zero-order chi connectivity index (χ0) is 24.7. The van der Waals surface area contributed by atoms with E-state index in [9.17, 15) is 22.0 Å². The summed E-state index contributed by atoms with van der Waals surface area (Å²) in [5, 5.41) is 0. The van der Waals surface area contributed by atoms with E-state index in [1.165, 1.54) is 23.8 Å². The quantitative estimate of drug-likeness (QED) is 0.334. The van der Waals surface area contributed by atoms with Gasteiger partial charge in [0.15, 0.2) is 0 Å². The average molecular weight is 478 g/mol. The van der Waals surface area contributed by atoms with Crippen LogP contribution in [-0.4, -0.2) is 12.3 Å². The second kappa shape index (κ2) is 9.10. The van der Waals surface area contributed by atoms with E-state index in [0.717, 1.165) is 24.5 Å². The lowest BCUT2D eigenvalue weighted by molar-refractivity contribution is -0.299. The van der Waals surface area contributed by atoms with E-state index < -0.39 is 36.2 Å². The van der Waals surface area contributed by atoms with E-state index in [1.807, 2.05) is 24.3 Å². The van der Waals surface area contributed by atoms with Crippen molar-refractivity contribution in [1.82, 2.24) is 0 Å². The molecule has 0 amide bonds. The fourth-order valence-corrected chi connectivity index (χ4v) is 4.46. The Labute approximate surface area is 194 Å². The first kappa shape index (κ1) is 24.3. The molecule has 0 radical (unpaired) electrons. The third kappa shape index (κ3) is 4.58. The van der Waals surface area contributed by atoms with Gasteiger partial charge in [0.1, 0.15) is 5.82 Å². The number of hydrogen-bond donors (Lipinski definition) is 0. The van der Waals surface area contributed by atoms with E-state index in [0.29, 0.717) is 11.5 Å². The van der Waals surface area contributed by atoms with E-state index in [2.05, 4.69) is 18.6 Å². The second-order valence-electron chi connectivity index (χ2n) is 8.73. The lowest BCUT2D eigenvalue weighted by Gasteiger charge is -2.34. The molecule has 180 valence electrons. The van der Waals surface area contributed by atoms with Crippen molar-refractivity contribution in [2.24, 2.45) is 0 Å². The highest BCUT2D eigenvalue weighted by Crippen LogP contribution is 2.47. The highest BCUT2D eigenvalue weighted by molar-refractivity contribution is 5.72. The van der Waals surface area contributed by atoms with Crippen LogP contribution in [0.2, 0.25) is 0 Å². The summed E-state index contributed by atoms with van der Waals surface area (Å²) in [4.78, 5) is 0. The predicted molar refractivity (Wildman–Crippen MR) is 119 cm³/mol. The largest absolute Gasteiger partial charge is 0.420 e. The van der Waals surface area contributed by atoms with Gasteiger partial charge in [0.2, 0.25) is 6.10 Å². The monoisotopic (exact) mass is 478 g/mol. The molecular formula is C27H24F6O. The number of hydrogen-bond acceptors (Lipinski definition) is 1. The minimum absolute atomic E-state index is 0.0942. The molecule has 0 aliphatic carbocycles. The molecule has 1 aliphatic rings. The van der Waals surface area contributed by atoms with Crippen LogP contribution in [0.1, 0.15) is 49.3 Å². The van der Waals surface area contributed by atoms with Crippen molar-refractivity contribution in [3.63, 3.8) is 0 Å². The summed E-state index contributed by atoms with van der Waals surface area (Å²) in [6.45, 7) is 3.66. The van der Waals surface area contributed by atoms with Gasteiger partial charge >= 0.3 is 12.1 Å². The number of ether oxygens (including phenoxy) is 1. The molecule has 0 saturated carbocycles. The van der Waals surface area contributed by atoms with Crippen molar-refractivity contribution < 1.29 is 31.1 Å². The molecular weight excluding hydrogens is 454 g/mol. The van der Waals surface area contributed by atoms with Gasteiger partial charge in [0.25, 0.3) is 0 Å². The maximum Gasteiger partial charge on any atom is 0.420 e. The highest BCUT2D eigenvalue weighted by Gasteiger charge is 2.60. The minimum atomic E-state index is -5.20. The SMILES string of the molecule is CCCC(C)c1ccc(-c2ccc(-c3ccc4c(c3)COC(C(F)(F)F)C4(F)F)c(F)c2)cc1. The predicted octanol–water partition coefficient (Wildman–Crippen LogP) is 8.62. The Hall–Kier alpha value is -2.80. The zero-order valence-corrected chi connectivity index (χ0v) is 18.7. The van der Waals surface area contributed by atoms with Crippen LogP contribution in [0.3, 0.4) is 0 Å². The summed E-state index contributed by atoms with van der Waals surface area (Å²) in [7, 11) is 0. The van der Waals surface area contributed by atoms with Gasteiger partial charge < -0.3 is 4.74 Å². The molecule has 3 aromatic rings. The minimum Gasteiger partial charge on any atom is -0.358 e. The van der Waals surface area contributed by atoms with Gasteiger partial charge in [-0.15, -0.1) is 0 Å². The Morgan fingerprint density at radius 2 is 1.59 bits per heavy atom. The molecule has 3 aromatic carbocycles. The van der Waals surface area contributed by atoms with Gasteiger partial charge in [-0.25, -0.2) is 4.39 Å². The van der Waals surface area contributed by atoms with Crippen LogP contribution in [0, 0.1) is 5.82 Å². The van der Waals surface area contributed by atoms with Crippen LogP contribution in [0.5, 0.6) is 0 Å². The smallest absolute Gasteiger partial charge is 0.358 e. The first-order valence-electron chi connectivity index (χ1n) is 11.1. The van der Waals surface area contributed by atoms with Crippen molar-refractivity contribution in [3.05, 3.63) is 83.2 Å². The zero-order valence-electron chi connectivity index (χ0n) is 18.7. The normalized spacial score (nSPS) is 18.4. The van der Waals surface area contributed by atoms with E-state index in [4.69, 9.17) is 0 Å². The molecule has 34 heavy (non-hydrogen) atoms. The third-order valence-corrected chi connectivity index (χ3v) is 6.31. The molecule has 7 heteroatoms. The van der Waals surface area contributed by atoms with Crippen molar-refractivity contribution in [1.29, 1.82) is 0 Å². The molecule has 0 aromatic heterocycles. The van der Waals surface area contributed by atoms with Crippen molar-refractivity contribution in [2.45, 2.75) is 57.4 Å². The number of fused-ring (bicyclic) bond motifs is 1. The summed E-state index contributed by atoms with van der Waals surface area (Å²) >= 11 is 0. The van der Waals surface area contributed by atoms with Gasteiger partial charge in [-0.3, -0.25) is 0 Å². The second-order valence-corrected chi connectivity index (χ2v) is 8.73. The molecule has 4 rings (SSSR count). The van der Waals surface area contributed by atoms with Crippen LogP contribution < -0.4 is 0 Å². The van der Waals surface area contributed by atoms with Gasteiger partial charge in [-0.2, -0.15) is 22.0 Å². The number of halogens is 6. The first-order valence-corrected chi connectivity index (χ1v) is 11.1. The summed E-state index contributed by atoms with van der Waals surface area (Å²) in [5.74, 6) is -4.35. The van der Waals surface area contributed by atoms with E-state index in [1.54, 1.807) is 12.1 Å². The Balaban J connectivity index is 1.61. The fourth-order valence-electron chi connectivity index (χ4n) is 4.46. The maximum absolute atomic E-state index is 15.0. The van der Waals surface area contributed by atoms with Crippen LogP contribution in [0.4, 0.5) is 26.3 Å². The van der Waals surface area contributed by atoms with Crippen molar-refractivity contribution in [2.75, 3.05) is 0 Å². The molecule has 0 saturated heterocycles. The van der Waals surface area contributed by atoms with Crippen molar-refractivity contribution in [3.8, 4) is 22.3 Å². The molecule has 0 fully saturated rings. The number of rotatable bonds is 5. The average Bonchev–Trinajstić information content (AvgIpc) is 2.78. The molecule has 1 nitrogen and oxygen atoms in total. The van der Waals surface area contributed by atoms with E-state index >= 15 is 4.39 Å². The third-order valence-electron chi connectivity index (χ3n) is 6.31. The standard InChI is InChI=1S/C27H24F6O/c1-3-4-16(2)17-5-7-18(8-6-17)19-9-11-22(24(28)14-19)20-10-12-23-21(13-20)15-34-25(26(23,29)30)27(31,32)33/h5-14,16,25H,3-4,15H2,1-2H3. The molecule has 0 N–H and O–H groups in total.